The Balaban J connectivity index is 1.96. The second-order valence-corrected chi connectivity index (χ2v) is 6.95. The van der Waals surface area contributed by atoms with Crippen LogP contribution in [0.15, 0.2) is 53.7 Å². The zero-order valence-electron chi connectivity index (χ0n) is 13.0. The van der Waals surface area contributed by atoms with Gasteiger partial charge in [-0.3, -0.25) is 9.78 Å². The Morgan fingerprint density at radius 1 is 1.22 bits per heavy atom. The third-order valence-electron chi connectivity index (χ3n) is 3.25. The normalized spacial score (nSPS) is 12.6. The van der Waals surface area contributed by atoms with Crippen LogP contribution in [-0.2, 0) is 21.4 Å². The fourth-order valence-corrected chi connectivity index (χ4v) is 3.12. The van der Waals surface area contributed by atoms with Crippen molar-refractivity contribution >= 4 is 15.9 Å². The SMILES string of the molecule is Cc1ccc(S(=O)(=O)N[C@H](C)C(=O)NCc2cccnc2)cc1. The molecule has 0 aliphatic carbocycles. The molecule has 0 fully saturated rings. The van der Waals surface area contributed by atoms with Crippen molar-refractivity contribution in [2.45, 2.75) is 31.3 Å². The molecule has 1 atom stereocenters. The van der Waals surface area contributed by atoms with Crippen molar-refractivity contribution in [3.05, 3.63) is 59.9 Å². The Labute approximate surface area is 136 Å². The predicted octanol–water partition coefficient (Wildman–Crippen LogP) is 1.37. The fourth-order valence-electron chi connectivity index (χ4n) is 1.92. The first-order chi connectivity index (χ1) is 10.9. The van der Waals surface area contributed by atoms with E-state index in [0.29, 0.717) is 6.54 Å². The lowest BCUT2D eigenvalue weighted by Crippen LogP contribution is -2.44. The molecule has 2 N–H and O–H groups in total. The monoisotopic (exact) mass is 333 g/mol. The van der Waals surface area contributed by atoms with Gasteiger partial charge in [-0.2, -0.15) is 4.72 Å². The van der Waals surface area contributed by atoms with Gasteiger partial charge in [0.05, 0.1) is 10.9 Å². The van der Waals surface area contributed by atoms with Crippen LogP contribution >= 0.6 is 0 Å². The lowest BCUT2D eigenvalue weighted by Gasteiger charge is -2.14. The zero-order chi connectivity index (χ0) is 16.9. The molecule has 0 aliphatic rings. The minimum absolute atomic E-state index is 0.134. The highest BCUT2D eigenvalue weighted by Crippen LogP contribution is 2.10. The number of pyridine rings is 1. The Kier molecular flexibility index (Phi) is 5.46. The highest BCUT2D eigenvalue weighted by molar-refractivity contribution is 7.89. The summed E-state index contributed by atoms with van der Waals surface area (Å²) < 4.78 is 26.8. The highest BCUT2D eigenvalue weighted by atomic mass is 32.2. The number of benzene rings is 1. The third-order valence-corrected chi connectivity index (χ3v) is 4.80. The number of amides is 1. The maximum atomic E-state index is 12.2. The molecule has 1 aromatic heterocycles. The smallest absolute Gasteiger partial charge is 0.241 e. The fraction of sp³-hybridized carbons (Fsp3) is 0.250. The molecule has 0 saturated carbocycles. The number of nitrogens with zero attached hydrogens (tertiary/aromatic N) is 1. The summed E-state index contributed by atoms with van der Waals surface area (Å²) in [5.41, 5.74) is 1.81. The largest absolute Gasteiger partial charge is 0.351 e. The molecule has 0 saturated heterocycles. The van der Waals surface area contributed by atoms with E-state index in [1.165, 1.54) is 19.1 Å². The molecule has 1 heterocycles. The van der Waals surface area contributed by atoms with Gasteiger partial charge in [0.15, 0.2) is 0 Å². The van der Waals surface area contributed by atoms with Gasteiger partial charge in [-0.1, -0.05) is 23.8 Å². The number of rotatable bonds is 6. The summed E-state index contributed by atoms with van der Waals surface area (Å²) in [7, 11) is -3.73. The van der Waals surface area contributed by atoms with Gasteiger partial charge < -0.3 is 5.32 Å². The van der Waals surface area contributed by atoms with Gasteiger partial charge in [-0.05, 0) is 37.6 Å². The molecule has 0 spiro atoms. The van der Waals surface area contributed by atoms with Crippen LogP contribution in [0.3, 0.4) is 0 Å². The molecule has 122 valence electrons. The summed E-state index contributed by atoms with van der Waals surface area (Å²) in [5, 5.41) is 2.68. The van der Waals surface area contributed by atoms with E-state index in [1.807, 2.05) is 13.0 Å². The molecule has 1 aromatic carbocycles. The molecule has 0 aliphatic heterocycles. The first kappa shape index (κ1) is 17.1. The van der Waals surface area contributed by atoms with E-state index in [-0.39, 0.29) is 4.90 Å². The van der Waals surface area contributed by atoms with Crippen LogP contribution in [-0.4, -0.2) is 25.4 Å². The van der Waals surface area contributed by atoms with E-state index in [2.05, 4.69) is 15.0 Å². The van der Waals surface area contributed by atoms with Crippen molar-refractivity contribution < 1.29 is 13.2 Å². The van der Waals surface area contributed by atoms with Gasteiger partial charge in [0.2, 0.25) is 15.9 Å². The first-order valence-electron chi connectivity index (χ1n) is 7.14. The number of carbonyl (C=O) groups is 1. The number of sulfonamides is 1. The maximum Gasteiger partial charge on any atom is 0.241 e. The van der Waals surface area contributed by atoms with Gasteiger partial charge in [-0.15, -0.1) is 0 Å². The Morgan fingerprint density at radius 2 is 1.91 bits per heavy atom. The van der Waals surface area contributed by atoms with Crippen molar-refractivity contribution in [2.24, 2.45) is 0 Å². The van der Waals surface area contributed by atoms with Gasteiger partial charge in [0.25, 0.3) is 0 Å². The van der Waals surface area contributed by atoms with E-state index < -0.39 is 22.0 Å². The number of hydrogen-bond donors (Lipinski definition) is 2. The van der Waals surface area contributed by atoms with Crippen molar-refractivity contribution in [1.82, 2.24) is 15.0 Å². The molecule has 1 amide bonds. The standard InChI is InChI=1S/C16H19N3O3S/c1-12-5-7-15(8-6-12)23(21,22)19-13(2)16(20)18-11-14-4-3-9-17-10-14/h3-10,13,19H,11H2,1-2H3,(H,18,20)/t13-/m1/s1. The van der Waals surface area contributed by atoms with Crippen LogP contribution in [0.1, 0.15) is 18.1 Å². The Hall–Kier alpha value is -2.25. The number of carbonyl (C=O) groups excluding carboxylic acids is 1. The van der Waals surface area contributed by atoms with E-state index in [4.69, 9.17) is 0 Å². The van der Waals surface area contributed by atoms with E-state index >= 15 is 0 Å². The second-order valence-electron chi connectivity index (χ2n) is 5.24. The molecule has 23 heavy (non-hydrogen) atoms. The van der Waals surface area contributed by atoms with Crippen LogP contribution < -0.4 is 10.0 Å². The van der Waals surface area contributed by atoms with Gasteiger partial charge >= 0.3 is 0 Å². The van der Waals surface area contributed by atoms with Crippen molar-refractivity contribution in [3.63, 3.8) is 0 Å². The van der Waals surface area contributed by atoms with Gasteiger partial charge in [-0.25, -0.2) is 8.42 Å². The minimum Gasteiger partial charge on any atom is -0.351 e. The summed E-state index contributed by atoms with van der Waals surface area (Å²) >= 11 is 0. The molecular formula is C16H19N3O3S. The minimum atomic E-state index is -3.73. The third kappa shape index (κ3) is 4.87. The second kappa shape index (κ2) is 7.34. The van der Waals surface area contributed by atoms with Crippen molar-refractivity contribution in [1.29, 1.82) is 0 Å². The summed E-state index contributed by atoms with van der Waals surface area (Å²) in [5.74, 6) is -0.399. The Morgan fingerprint density at radius 3 is 2.52 bits per heavy atom. The molecule has 7 heteroatoms. The number of hydrogen-bond acceptors (Lipinski definition) is 4. The molecular weight excluding hydrogens is 314 g/mol. The summed E-state index contributed by atoms with van der Waals surface area (Å²) in [4.78, 5) is 16.1. The summed E-state index contributed by atoms with van der Waals surface area (Å²) in [6, 6.07) is 9.16. The van der Waals surface area contributed by atoms with Crippen LogP contribution in [0.25, 0.3) is 0 Å². The molecule has 2 rings (SSSR count). The van der Waals surface area contributed by atoms with E-state index in [9.17, 15) is 13.2 Å². The summed E-state index contributed by atoms with van der Waals surface area (Å²) in [6.07, 6.45) is 3.28. The first-order valence-corrected chi connectivity index (χ1v) is 8.62. The van der Waals surface area contributed by atoms with Crippen molar-refractivity contribution in [2.75, 3.05) is 0 Å². The topological polar surface area (TPSA) is 88.2 Å². The number of aryl methyl sites for hydroxylation is 1. The van der Waals surface area contributed by atoms with E-state index in [1.54, 1.807) is 30.6 Å². The predicted molar refractivity (Wildman–Crippen MR) is 87.0 cm³/mol. The molecule has 0 bridgehead atoms. The lowest BCUT2D eigenvalue weighted by atomic mass is 10.2. The molecule has 0 radical (unpaired) electrons. The number of nitrogens with one attached hydrogen (secondary N) is 2. The van der Waals surface area contributed by atoms with Crippen molar-refractivity contribution in [3.8, 4) is 0 Å². The molecule has 6 nitrogen and oxygen atoms in total. The van der Waals surface area contributed by atoms with Crippen LogP contribution in [0.2, 0.25) is 0 Å². The lowest BCUT2D eigenvalue weighted by molar-refractivity contribution is -0.122. The van der Waals surface area contributed by atoms with Crippen LogP contribution in [0, 0.1) is 6.92 Å². The average molecular weight is 333 g/mol. The molecule has 2 aromatic rings. The van der Waals surface area contributed by atoms with Gasteiger partial charge in [0, 0.05) is 18.9 Å². The highest BCUT2D eigenvalue weighted by Gasteiger charge is 2.21. The number of aromatic nitrogens is 1. The average Bonchev–Trinajstić information content (AvgIpc) is 2.53. The summed E-state index contributed by atoms with van der Waals surface area (Å²) in [6.45, 7) is 3.67. The quantitative estimate of drug-likeness (QED) is 0.836. The van der Waals surface area contributed by atoms with Crippen LogP contribution in [0.4, 0.5) is 0 Å². The maximum absolute atomic E-state index is 12.2. The zero-order valence-corrected chi connectivity index (χ0v) is 13.8. The van der Waals surface area contributed by atoms with Crippen LogP contribution in [0.5, 0.6) is 0 Å². The van der Waals surface area contributed by atoms with E-state index in [0.717, 1.165) is 11.1 Å². The Bertz CT molecular complexity index is 759. The molecule has 0 unspecified atom stereocenters. The van der Waals surface area contributed by atoms with Gasteiger partial charge in [0.1, 0.15) is 0 Å².